The maximum atomic E-state index is 6.52. The van der Waals surface area contributed by atoms with Crippen molar-refractivity contribution < 1.29 is 9.47 Å². The Balaban J connectivity index is 0.00000363. The van der Waals surface area contributed by atoms with Gasteiger partial charge in [-0.15, -0.1) is 12.4 Å². The largest absolute Gasteiger partial charge is 0.490 e. The molecule has 0 aliphatic carbocycles. The number of ether oxygens (including phenoxy) is 2. The molecule has 0 atom stereocenters. The molecular formula is C24H24Cl5NO2. The topological polar surface area (TPSA) is 30.5 Å². The van der Waals surface area contributed by atoms with Gasteiger partial charge in [-0.3, -0.25) is 0 Å². The molecule has 0 radical (unpaired) electrons. The molecule has 0 heterocycles. The van der Waals surface area contributed by atoms with Crippen LogP contribution in [0.1, 0.15) is 23.6 Å². The fraction of sp³-hybridized carbons (Fsp3) is 0.250. The molecule has 0 saturated carbocycles. The summed E-state index contributed by atoms with van der Waals surface area (Å²) in [5, 5.41) is 5.93. The summed E-state index contributed by atoms with van der Waals surface area (Å²) in [4.78, 5) is 0. The molecule has 3 rings (SSSR count). The molecule has 0 aromatic heterocycles. The Kier molecular flexibility index (Phi) is 11.3. The number of nitrogens with one attached hydrogen (secondary N) is 1. The minimum atomic E-state index is 0. The number of rotatable bonds is 10. The van der Waals surface area contributed by atoms with E-state index in [1.54, 1.807) is 6.07 Å². The average molecular weight is 536 g/mol. The molecule has 3 aromatic carbocycles. The Bertz CT molecular complexity index is 1010. The lowest BCUT2D eigenvalue weighted by molar-refractivity contribution is 0.269. The Morgan fingerprint density at radius 2 is 1.50 bits per heavy atom. The molecule has 0 bridgehead atoms. The summed E-state index contributed by atoms with van der Waals surface area (Å²) < 4.78 is 11.7. The third kappa shape index (κ3) is 7.91. The lowest BCUT2D eigenvalue weighted by Crippen LogP contribution is -2.17. The Morgan fingerprint density at radius 3 is 2.19 bits per heavy atom. The van der Waals surface area contributed by atoms with Gasteiger partial charge >= 0.3 is 0 Å². The van der Waals surface area contributed by atoms with Crippen LogP contribution in [0.25, 0.3) is 0 Å². The summed E-state index contributed by atoms with van der Waals surface area (Å²) in [6.07, 6.45) is 0.796. The summed E-state index contributed by atoms with van der Waals surface area (Å²) in [6.45, 7) is 4.22. The highest BCUT2D eigenvalue weighted by Crippen LogP contribution is 2.37. The summed E-state index contributed by atoms with van der Waals surface area (Å²) >= 11 is 24.6. The highest BCUT2D eigenvalue weighted by Gasteiger charge is 2.13. The van der Waals surface area contributed by atoms with E-state index in [0.29, 0.717) is 51.3 Å². The number of hydrogen-bond donors (Lipinski definition) is 1. The number of halogens is 5. The maximum Gasteiger partial charge on any atom is 0.180 e. The van der Waals surface area contributed by atoms with Crippen LogP contribution in [-0.4, -0.2) is 13.2 Å². The average Bonchev–Trinajstić information content (AvgIpc) is 2.73. The minimum absolute atomic E-state index is 0. The fourth-order valence-corrected chi connectivity index (χ4v) is 3.96. The lowest BCUT2D eigenvalue weighted by Gasteiger charge is -2.16. The number of hydrogen-bond acceptors (Lipinski definition) is 3. The lowest BCUT2D eigenvalue weighted by atomic mass is 10.1. The first-order valence-corrected chi connectivity index (χ1v) is 11.4. The van der Waals surface area contributed by atoms with Gasteiger partial charge in [0.05, 0.1) is 11.6 Å². The van der Waals surface area contributed by atoms with Gasteiger partial charge in [-0.1, -0.05) is 64.6 Å². The molecule has 3 nitrogen and oxygen atoms in total. The van der Waals surface area contributed by atoms with E-state index in [9.17, 15) is 0 Å². The van der Waals surface area contributed by atoms with Crippen molar-refractivity contribution in [2.75, 3.05) is 13.2 Å². The van der Waals surface area contributed by atoms with Crippen molar-refractivity contribution in [3.05, 3.63) is 91.4 Å². The van der Waals surface area contributed by atoms with Gasteiger partial charge < -0.3 is 14.8 Å². The highest BCUT2D eigenvalue weighted by molar-refractivity contribution is 6.35. The van der Waals surface area contributed by atoms with Crippen LogP contribution < -0.4 is 14.8 Å². The molecule has 172 valence electrons. The molecule has 0 amide bonds. The van der Waals surface area contributed by atoms with Gasteiger partial charge in [-0.25, -0.2) is 0 Å². The van der Waals surface area contributed by atoms with Gasteiger partial charge in [0.15, 0.2) is 11.5 Å². The zero-order valence-electron chi connectivity index (χ0n) is 17.5. The van der Waals surface area contributed by atoms with Crippen molar-refractivity contribution in [3.63, 3.8) is 0 Å². The van der Waals surface area contributed by atoms with Crippen molar-refractivity contribution in [1.29, 1.82) is 0 Å². The van der Waals surface area contributed by atoms with Gasteiger partial charge in [-0.05, 0) is 73.0 Å². The monoisotopic (exact) mass is 533 g/mol. The summed E-state index contributed by atoms with van der Waals surface area (Å²) in [5.41, 5.74) is 3.06. The van der Waals surface area contributed by atoms with Crippen LogP contribution in [0.4, 0.5) is 0 Å². The van der Waals surface area contributed by atoms with Gasteiger partial charge in [0.25, 0.3) is 0 Å². The summed E-state index contributed by atoms with van der Waals surface area (Å²) in [5.74, 6) is 1.16. The van der Waals surface area contributed by atoms with Crippen LogP contribution in [-0.2, 0) is 19.6 Å². The van der Waals surface area contributed by atoms with Crippen LogP contribution in [0.2, 0.25) is 20.1 Å². The van der Waals surface area contributed by atoms with Crippen molar-refractivity contribution >= 4 is 58.8 Å². The van der Waals surface area contributed by atoms with E-state index in [0.717, 1.165) is 29.7 Å². The second kappa shape index (κ2) is 13.4. The van der Waals surface area contributed by atoms with E-state index in [4.69, 9.17) is 55.9 Å². The quantitative estimate of drug-likeness (QED) is 0.267. The standard InChI is InChI=1S/C24H23Cl4NO2.ClH/c1-2-30-23-12-17(14-29-10-9-18-5-8-20(26)13-21(18)27)11-22(28)24(23)31-15-16-3-6-19(25)7-4-16;/h3-8,11-13,29H,2,9-10,14-15H2,1H3;1H. The van der Waals surface area contributed by atoms with Crippen molar-refractivity contribution in [2.24, 2.45) is 0 Å². The molecule has 1 N–H and O–H groups in total. The van der Waals surface area contributed by atoms with Crippen molar-refractivity contribution in [2.45, 2.75) is 26.5 Å². The highest BCUT2D eigenvalue weighted by atomic mass is 35.5. The van der Waals surface area contributed by atoms with Crippen LogP contribution in [0, 0.1) is 0 Å². The van der Waals surface area contributed by atoms with E-state index in [-0.39, 0.29) is 12.4 Å². The third-order valence-electron chi connectivity index (χ3n) is 4.58. The molecule has 0 saturated heterocycles. The first-order valence-electron chi connectivity index (χ1n) is 9.93. The number of benzene rings is 3. The van der Waals surface area contributed by atoms with Gasteiger partial charge in [0.2, 0.25) is 0 Å². The predicted octanol–water partition coefficient (Wildman–Crippen LogP) is 8.03. The Hall–Kier alpha value is -1.33. The van der Waals surface area contributed by atoms with Crippen LogP contribution in [0.5, 0.6) is 11.5 Å². The second-order valence-corrected chi connectivity index (χ2v) is 8.60. The Labute approximate surface area is 215 Å². The van der Waals surface area contributed by atoms with Crippen LogP contribution in [0.3, 0.4) is 0 Å². The van der Waals surface area contributed by atoms with E-state index in [1.807, 2.05) is 55.5 Å². The summed E-state index contributed by atoms with van der Waals surface area (Å²) in [7, 11) is 0. The molecular weight excluding hydrogens is 512 g/mol. The van der Waals surface area contributed by atoms with Gasteiger partial charge in [-0.2, -0.15) is 0 Å². The molecule has 3 aromatic rings. The third-order valence-corrected chi connectivity index (χ3v) is 5.70. The molecule has 0 aliphatic rings. The zero-order valence-corrected chi connectivity index (χ0v) is 21.3. The molecule has 8 heteroatoms. The first-order chi connectivity index (χ1) is 15.0. The van der Waals surface area contributed by atoms with E-state index >= 15 is 0 Å². The van der Waals surface area contributed by atoms with E-state index in [2.05, 4.69) is 5.32 Å². The van der Waals surface area contributed by atoms with Gasteiger partial charge in [0.1, 0.15) is 6.61 Å². The molecule has 0 spiro atoms. The van der Waals surface area contributed by atoms with Crippen molar-refractivity contribution in [1.82, 2.24) is 5.32 Å². The second-order valence-electron chi connectivity index (χ2n) is 6.92. The molecule has 0 unspecified atom stereocenters. The predicted molar refractivity (Wildman–Crippen MR) is 138 cm³/mol. The van der Waals surface area contributed by atoms with E-state index in [1.165, 1.54) is 0 Å². The van der Waals surface area contributed by atoms with Crippen molar-refractivity contribution in [3.8, 4) is 11.5 Å². The SMILES string of the molecule is CCOc1cc(CNCCc2ccc(Cl)cc2Cl)cc(Cl)c1OCc1ccc(Cl)cc1.Cl. The van der Waals surface area contributed by atoms with Crippen LogP contribution >= 0.6 is 58.8 Å². The first kappa shape index (κ1) is 26.9. The van der Waals surface area contributed by atoms with Gasteiger partial charge in [0, 0.05) is 21.6 Å². The Morgan fingerprint density at radius 1 is 0.781 bits per heavy atom. The minimum Gasteiger partial charge on any atom is -0.490 e. The normalized spacial score (nSPS) is 10.5. The molecule has 0 aliphatic heterocycles. The maximum absolute atomic E-state index is 6.52. The molecule has 0 fully saturated rings. The zero-order chi connectivity index (χ0) is 22.2. The molecule has 32 heavy (non-hydrogen) atoms. The smallest absolute Gasteiger partial charge is 0.180 e. The summed E-state index contributed by atoms with van der Waals surface area (Å²) in [6, 6.07) is 16.9. The van der Waals surface area contributed by atoms with Crippen LogP contribution in [0.15, 0.2) is 54.6 Å². The van der Waals surface area contributed by atoms with E-state index < -0.39 is 0 Å². The fourth-order valence-electron chi connectivity index (χ4n) is 3.04.